The molecule has 0 aromatic heterocycles. The van der Waals surface area contributed by atoms with Gasteiger partial charge in [0.05, 0.1) is 5.56 Å². The maximum absolute atomic E-state index is 12.7. The molecule has 0 unspecified atom stereocenters. The van der Waals surface area contributed by atoms with E-state index in [1.54, 1.807) is 0 Å². The number of anilines is 2. The minimum Gasteiger partial charge on any atom is -0.456 e. The summed E-state index contributed by atoms with van der Waals surface area (Å²) in [5, 5.41) is 6.26. The molecule has 134 valence electrons. The molecule has 27 heavy (non-hydrogen) atoms. The lowest BCUT2D eigenvalue weighted by molar-refractivity contribution is 0.0224. The Morgan fingerprint density at radius 1 is 0.778 bits per heavy atom. The molecule has 3 aromatic rings. The van der Waals surface area contributed by atoms with Crippen molar-refractivity contribution in [2.75, 3.05) is 24.7 Å². The first-order chi connectivity index (χ1) is 13.2. The molecular formula is C22H18N2O3. The first kappa shape index (κ1) is 15.8. The highest BCUT2D eigenvalue weighted by molar-refractivity contribution is 5.97. The normalized spacial score (nSPS) is 15.3. The van der Waals surface area contributed by atoms with E-state index < -0.39 is 5.60 Å². The number of ether oxygens (including phenoxy) is 2. The molecule has 2 heterocycles. The highest BCUT2D eigenvalue weighted by Crippen LogP contribution is 2.56. The van der Waals surface area contributed by atoms with Crippen molar-refractivity contribution >= 4 is 17.3 Å². The number of esters is 1. The van der Waals surface area contributed by atoms with Crippen LogP contribution in [-0.2, 0) is 10.3 Å². The number of benzene rings is 3. The molecule has 0 saturated heterocycles. The molecule has 3 aromatic carbocycles. The second kappa shape index (κ2) is 5.51. The fourth-order valence-electron chi connectivity index (χ4n) is 3.99. The van der Waals surface area contributed by atoms with Crippen LogP contribution in [0.1, 0.15) is 27.0 Å². The molecule has 0 amide bonds. The van der Waals surface area contributed by atoms with E-state index in [2.05, 4.69) is 10.6 Å². The molecule has 0 atom stereocenters. The van der Waals surface area contributed by atoms with Crippen molar-refractivity contribution in [1.82, 2.24) is 0 Å². The Labute approximate surface area is 156 Å². The summed E-state index contributed by atoms with van der Waals surface area (Å²) in [7, 11) is 3.72. The van der Waals surface area contributed by atoms with Crippen molar-refractivity contribution in [3.8, 4) is 11.5 Å². The average Bonchev–Trinajstić information content (AvgIpc) is 3.01. The fourth-order valence-corrected chi connectivity index (χ4v) is 3.99. The lowest BCUT2D eigenvalue weighted by Gasteiger charge is -2.36. The zero-order chi connectivity index (χ0) is 18.6. The van der Waals surface area contributed by atoms with Crippen LogP contribution in [0.3, 0.4) is 0 Å². The number of rotatable bonds is 2. The highest BCUT2D eigenvalue weighted by Gasteiger charge is 2.53. The van der Waals surface area contributed by atoms with Crippen molar-refractivity contribution in [2.45, 2.75) is 5.60 Å². The van der Waals surface area contributed by atoms with Gasteiger partial charge in [0, 0.05) is 54.3 Å². The standard InChI is InChI=1S/C22H18N2O3/c1-23-13-7-9-17-19(11-13)26-20-12-14(24-2)8-10-18(20)22(17)16-6-4-3-5-15(16)21(25)27-22/h3-12,23-24H,1-2H3. The van der Waals surface area contributed by atoms with Crippen LogP contribution in [0.5, 0.6) is 11.5 Å². The quantitative estimate of drug-likeness (QED) is 0.668. The molecule has 2 aliphatic heterocycles. The zero-order valence-electron chi connectivity index (χ0n) is 15.0. The molecule has 0 fully saturated rings. The van der Waals surface area contributed by atoms with Crippen LogP contribution in [-0.4, -0.2) is 20.1 Å². The summed E-state index contributed by atoms with van der Waals surface area (Å²) in [6.45, 7) is 0. The molecule has 5 rings (SSSR count). The van der Waals surface area contributed by atoms with E-state index in [1.807, 2.05) is 74.8 Å². The van der Waals surface area contributed by atoms with Crippen molar-refractivity contribution in [2.24, 2.45) is 0 Å². The van der Waals surface area contributed by atoms with Gasteiger partial charge in [0.2, 0.25) is 0 Å². The van der Waals surface area contributed by atoms with Gasteiger partial charge in [-0.2, -0.15) is 0 Å². The van der Waals surface area contributed by atoms with Crippen LogP contribution in [0.2, 0.25) is 0 Å². The van der Waals surface area contributed by atoms with Gasteiger partial charge >= 0.3 is 5.97 Å². The predicted molar refractivity (Wildman–Crippen MR) is 104 cm³/mol. The van der Waals surface area contributed by atoms with E-state index in [0.717, 1.165) is 28.1 Å². The SMILES string of the molecule is CNc1ccc2c(c1)Oc1cc(NC)ccc1C21OC(=O)c2ccccc21. The summed E-state index contributed by atoms with van der Waals surface area (Å²) in [5.41, 5.74) is 3.93. The van der Waals surface area contributed by atoms with Gasteiger partial charge in [0.1, 0.15) is 11.5 Å². The fraction of sp³-hybridized carbons (Fsp3) is 0.136. The van der Waals surface area contributed by atoms with E-state index in [-0.39, 0.29) is 5.97 Å². The predicted octanol–water partition coefficient (Wildman–Crippen LogP) is 4.34. The number of nitrogens with one attached hydrogen (secondary N) is 2. The maximum atomic E-state index is 12.7. The summed E-state index contributed by atoms with van der Waals surface area (Å²) in [5.74, 6) is 1.03. The topological polar surface area (TPSA) is 59.6 Å². The number of hydrogen-bond donors (Lipinski definition) is 2. The molecule has 0 saturated carbocycles. The minimum absolute atomic E-state index is 0.320. The largest absolute Gasteiger partial charge is 0.456 e. The lowest BCUT2D eigenvalue weighted by Crippen LogP contribution is -2.33. The van der Waals surface area contributed by atoms with Gasteiger partial charge in [0.15, 0.2) is 5.60 Å². The summed E-state index contributed by atoms with van der Waals surface area (Å²) < 4.78 is 12.3. The number of carbonyl (C=O) groups excluding carboxylic acids is 1. The Morgan fingerprint density at radius 3 is 1.96 bits per heavy atom. The average molecular weight is 358 g/mol. The van der Waals surface area contributed by atoms with Crippen LogP contribution in [0, 0.1) is 0 Å². The van der Waals surface area contributed by atoms with Crippen LogP contribution in [0.25, 0.3) is 0 Å². The third-order valence-corrected chi connectivity index (χ3v) is 5.29. The van der Waals surface area contributed by atoms with Gasteiger partial charge in [0.25, 0.3) is 0 Å². The van der Waals surface area contributed by atoms with Crippen LogP contribution >= 0.6 is 0 Å². The Bertz CT molecular complexity index is 1040. The highest BCUT2D eigenvalue weighted by atomic mass is 16.6. The second-order valence-corrected chi connectivity index (χ2v) is 6.64. The summed E-state index contributed by atoms with van der Waals surface area (Å²) in [6.07, 6.45) is 0. The Kier molecular flexibility index (Phi) is 3.22. The van der Waals surface area contributed by atoms with Gasteiger partial charge in [-0.1, -0.05) is 18.2 Å². The summed E-state index contributed by atoms with van der Waals surface area (Å²) in [6, 6.07) is 19.3. The minimum atomic E-state index is -1.00. The maximum Gasteiger partial charge on any atom is 0.340 e. The molecule has 1 spiro atoms. The molecule has 2 N–H and O–H groups in total. The van der Waals surface area contributed by atoms with Gasteiger partial charge in [-0.25, -0.2) is 4.79 Å². The van der Waals surface area contributed by atoms with E-state index in [4.69, 9.17) is 9.47 Å². The van der Waals surface area contributed by atoms with E-state index >= 15 is 0 Å². The molecular weight excluding hydrogens is 340 g/mol. The second-order valence-electron chi connectivity index (χ2n) is 6.64. The summed E-state index contributed by atoms with van der Waals surface area (Å²) >= 11 is 0. The number of carbonyl (C=O) groups is 1. The van der Waals surface area contributed by atoms with Crippen molar-refractivity contribution in [3.63, 3.8) is 0 Å². The Morgan fingerprint density at radius 2 is 1.37 bits per heavy atom. The van der Waals surface area contributed by atoms with E-state index in [0.29, 0.717) is 17.1 Å². The smallest absolute Gasteiger partial charge is 0.340 e. The van der Waals surface area contributed by atoms with E-state index in [1.165, 1.54) is 0 Å². The van der Waals surface area contributed by atoms with Crippen LogP contribution in [0.15, 0.2) is 60.7 Å². The van der Waals surface area contributed by atoms with Crippen LogP contribution < -0.4 is 15.4 Å². The molecule has 0 bridgehead atoms. The third-order valence-electron chi connectivity index (χ3n) is 5.29. The van der Waals surface area contributed by atoms with Gasteiger partial charge in [-0.3, -0.25) is 0 Å². The first-order valence-corrected chi connectivity index (χ1v) is 8.82. The zero-order valence-corrected chi connectivity index (χ0v) is 15.0. The third kappa shape index (κ3) is 2.02. The van der Waals surface area contributed by atoms with Gasteiger partial charge in [-0.15, -0.1) is 0 Å². The summed E-state index contributed by atoms with van der Waals surface area (Å²) in [4.78, 5) is 12.7. The first-order valence-electron chi connectivity index (χ1n) is 8.82. The molecule has 0 aliphatic carbocycles. The molecule has 2 aliphatic rings. The molecule has 0 radical (unpaired) electrons. The molecule has 5 nitrogen and oxygen atoms in total. The van der Waals surface area contributed by atoms with Gasteiger partial charge in [-0.05, 0) is 30.3 Å². The van der Waals surface area contributed by atoms with Crippen molar-refractivity contribution in [3.05, 3.63) is 82.9 Å². The monoisotopic (exact) mass is 358 g/mol. The van der Waals surface area contributed by atoms with Crippen molar-refractivity contribution < 1.29 is 14.3 Å². The lowest BCUT2D eigenvalue weighted by atomic mass is 9.77. The number of hydrogen-bond acceptors (Lipinski definition) is 5. The van der Waals surface area contributed by atoms with E-state index in [9.17, 15) is 4.79 Å². The number of fused-ring (bicyclic) bond motifs is 6. The van der Waals surface area contributed by atoms with Crippen LogP contribution in [0.4, 0.5) is 11.4 Å². The Balaban J connectivity index is 1.86. The Hall–Kier alpha value is -3.47. The van der Waals surface area contributed by atoms with Gasteiger partial charge < -0.3 is 20.1 Å². The molecule has 5 heteroatoms. The van der Waals surface area contributed by atoms with Crippen molar-refractivity contribution in [1.29, 1.82) is 0 Å².